The molecule has 82 valence electrons. The first-order valence-corrected chi connectivity index (χ1v) is 5.15. The summed E-state index contributed by atoms with van der Waals surface area (Å²) in [7, 11) is 1.15. The summed E-state index contributed by atoms with van der Waals surface area (Å²) in [6.45, 7) is 0. The quantitative estimate of drug-likeness (QED) is 0.610. The number of hydrogen-bond acceptors (Lipinski definition) is 3. The van der Waals surface area contributed by atoms with Gasteiger partial charge in [0.15, 0.2) is 5.69 Å². The van der Waals surface area contributed by atoms with E-state index in [2.05, 4.69) is 9.72 Å². The number of ether oxygens (including phenoxy) is 1. The van der Waals surface area contributed by atoms with E-state index in [1.807, 2.05) is 0 Å². The maximum absolute atomic E-state index is 12.4. The first-order chi connectivity index (χ1) is 6.97. The van der Waals surface area contributed by atoms with Crippen LogP contribution < -0.4 is 0 Å². The van der Waals surface area contributed by atoms with Crippen LogP contribution in [0.5, 0.6) is 0 Å². The van der Waals surface area contributed by atoms with Gasteiger partial charge in [-0.1, -0.05) is 11.6 Å². The minimum Gasteiger partial charge on any atom is -0.464 e. The lowest BCUT2D eigenvalue weighted by Gasteiger charge is -2.06. The average Bonchev–Trinajstić information content (AvgIpc) is 2.16. The molecule has 0 atom stereocenters. The number of pyridine rings is 1. The van der Waals surface area contributed by atoms with Gasteiger partial charge in [-0.15, -0.1) is 0 Å². The van der Waals surface area contributed by atoms with Crippen molar-refractivity contribution in [3.63, 3.8) is 0 Å². The van der Waals surface area contributed by atoms with Crippen molar-refractivity contribution >= 4 is 40.2 Å². The Hall–Kier alpha value is -0.500. The summed E-state index contributed by atoms with van der Waals surface area (Å²) in [4.78, 5) is 14.6. The van der Waals surface area contributed by atoms with Crippen LogP contribution in [0, 0.1) is 3.57 Å². The Morgan fingerprint density at radius 2 is 2.27 bits per heavy atom. The summed E-state index contributed by atoms with van der Waals surface area (Å²) in [6.07, 6.45) is -2.82. The van der Waals surface area contributed by atoms with Gasteiger partial charge in [0.1, 0.15) is 5.69 Å². The van der Waals surface area contributed by atoms with Crippen LogP contribution >= 0.6 is 34.2 Å². The van der Waals surface area contributed by atoms with Crippen LogP contribution in [0.2, 0.25) is 5.02 Å². The molecule has 1 rings (SSSR count). The van der Waals surface area contributed by atoms with Crippen molar-refractivity contribution < 1.29 is 18.3 Å². The van der Waals surface area contributed by atoms with Crippen molar-refractivity contribution in [2.45, 2.75) is 6.43 Å². The van der Waals surface area contributed by atoms with Gasteiger partial charge in [-0.3, -0.25) is 0 Å². The Balaban J connectivity index is 3.29. The predicted octanol–water partition coefficient (Wildman–Crippen LogP) is 3.06. The molecule has 0 radical (unpaired) electrons. The van der Waals surface area contributed by atoms with Gasteiger partial charge in [-0.2, -0.15) is 0 Å². The molecule has 0 aliphatic heterocycles. The number of hydrogen-bond donors (Lipinski definition) is 0. The molecule has 0 bridgehead atoms. The second kappa shape index (κ2) is 5.02. The molecule has 3 nitrogen and oxygen atoms in total. The molecule has 7 heteroatoms. The van der Waals surface area contributed by atoms with Crippen LogP contribution in [0.3, 0.4) is 0 Å². The van der Waals surface area contributed by atoms with Crippen molar-refractivity contribution in [2.24, 2.45) is 0 Å². The SMILES string of the molecule is COC(=O)c1nc(C(F)F)c(Cl)cc1I. The lowest BCUT2D eigenvalue weighted by Crippen LogP contribution is -2.09. The molecular formula is C8H5ClF2INO2. The molecule has 1 aromatic rings. The number of carbonyl (C=O) groups excluding carboxylic acids is 1. The minimum atomic E-state index is -2.82. The summed E-state index contributed by atoms with van der Waals surface area (Å²) in [6, 6.07) is 1.25. The normalized spacial score (nSPS) is 10.5. The van der Waals surface area contributed by atoms with E-state index >= 15 is 0 Å². The Morgan fingerprint density at radius 3 is 2.73 bits per heavy atom. The molecule has 0 saturated heterocycles. The fraction of sp³-hybridized carbons (Fsp3) is 0.250. The van der Waals surface area contributed by atoms with E-state index in [1.165, 1.54) is 6.07 Å². The van der Waals surface area contributed by atoms with Crippen molar-refractivity contribution in [2.75, 3.05) is 7.11 Å². The van der Waals surface area contributed by atoms with E-state index in [-0.39, 0.29) is 10.7 Å². The highest BCUT2D eigenvalue weighted by atomic mass is 127. The highest BCUT2D eigenvalue weighted by Crippen LogP contribution is 2.27. The van der Waals surface area contributed by atoms with Crippen LogP contribution in [-0.2, 0) is 4.74 Å². The van der Waals surface area contributed by atoms with Crippen molar-refractivity contribution in [1.82, 2.24) is 4.98 Å². The summed E-state index contributed by atoms with van der Waals surface area (Å²) < 4.78 is 29.6. The number of methoxy groups -OCH3 is 1. The summed E-state index contributed by atoms with van der Waals surface area (Å²) in [5.41, 5.74) is -0.768. The van der Waals surface area contributed by atoms with E-state index in [4.69, 9.17) is 11.6 Å². The fourth-order valence-electron chi connectivity index (χ4n) is 0.874. The smallest absolute Gasteiger partial charge is 0.357 e. The predicted molar refractivity (Wildman–Crippen MR) is 58.3 cm³/mol. The zero-order valence-corrected chi connectivity index (χ0v) is 10.3. The summed E-state index contributed by atoms with van der Waals surface area (Å²) in [5.74, 6) is -0.766. The number of alkyl halides is 2. The lowest BCUT2D eigenvalue weighted by atomic mass is 10.3. The number of esters is 1. The molecule has 0 saturated carbocycles. The highest BCUT2D eigenvalue weighted by molar-refractivity contribution is 14.1. The van der Waals surface area contributed by atoms with E-state index < -0.39 is 18.1 Å². The topological polar surface area (TPSA) is 39.2 Å². The maximum Gasteiger partial charge on any atom is 0.357 e. The fourth-order valence-corrected chi connectivity index (χ4v) is 1.94. The monoisotopic (exact) mass is 347 g/mol. The van der Waals surface area contributed by atoms with Crippen LogP contribution in [0.25, 0.3) is 0 Å². The van der Waals surface area contributed by atoms with Gasteiger partial charge < -0.3 is 4.74 Å². The zero-order chi connectivity index (χ0) is 11.6. The molecule has 15 heavy (non-hydrogen) atoms. The summed E-state index contributed by atoms with van der Waals surface area (Å²) in [5, 5.41) is -0.165. The number of halogens is 4. The largest absolute Gasteiger partial charge is 0.464 e. The van der Waals surface area contributed by atoms with E-state index in [1.54, 1.807) is 22.6 Å². The molecule has 1 aromatic heterocycles. The summed E-state index contributed by atoms with van der Waals surface area (Å²) >= 11 is 7.32. The van der Waals surface area contributed by atoms with Crippen molar-refractivity contribution in [3.05, 3.63) is 26.0 Å². The molecule has 0 fully saturated rings. The Labute approximate surface area is 103 Å². The van der Waals surface area contributed by atoms with Crippen LogP contribution in [-0.4, -0.2) is 18.1 Å². The molecule has 0 amide bonds. The number of nitrogens with zero attached hydrogens (tertiary/aromatic N) is 1. The molecule has 1 heterocycles. The van der Waals surface area contributed by atoms with Crippen molar-refractivity contribution in [1.29, 1.82) is 0 Å². The highest BCUT2D eigenvalue weighted by Gasteiger charge is 2.20. The molecule has 0 aromatic carbocycles. The van der Waals surface area contributed by atoms with E-state index in [0.29, 0.717) is 3.57 Å². The van der Waals surface area contributed by atoms with Gasteiger partial charge in [-0.05, 0) is 28.7 Å². The van der Waals surface area contributed by atoms with Gasteiger partial charge in [0, 0.05) is 3.57 Å². The van der Waals surface area contributed by atoms with Crippen molar-refractivity contribution in [3.8, 4) is 0 Å². The van der Waals surface area contributed by atoms with E-state index in [0.717, 1.165) is 7.11 Å². The Bertz CT molecular complexity index is 400. The van der Waals surface area contributed by atoms with Gasteiger partial charge in [0.2, 0.25) is 0 Å². The lowest BCUT2D eigenvalue weighted by molar-refractivity contribution is 0.0591. The molecular weight excluding hydrogens is 342 g/mol. The first kappa shape index (κ1) is 12.6. The molecule has 0 spiro atoms. The molecule has 0 N–H and O–H groups in total. The van der Waals surface area contributed by atoms with E-state index in [9.17, 15) is 13.6 Å². The third-order valence-electron chi connectivity index (χ3n) is 1.54. The molecule has 0 aliphatic carbocycles. The number of rotatable bonds is 2. The minimum absolute atomic E-state index is 0.155. The van der Waals surface area contributed by atoms with Gasteiger partial charge in [-0.25, -0.2) is 18.6 Å². The van der Waals surface area contributed by atoms with Gasteiger partial charge in [0.05, 0.1) is 12.1 Å². The zero-order valence-electron chi connectivity index (χ0n) is 7.43. The maximum atomic E-state index is 12.4. The van der Waals surface area contributed by atoms with Gasteiger partial charge in [0.25, 0.3) is 6.43 Å². The average molecular weight is 347 g/mol. The second-order valence-electron chi connectivity index (χ2n) is 2.48. The third kappa shape index (κ3) is 2.75. The number of carbonyl (C=O) groups is 1. The van der Waals surface area contributed by atoms with Gasteiger partial charge >= 0.3 is 5.97 Å². The number of aromatic nitrogens is 1. The third-order valence-corrected chi connectivity index (χ3v) is 2.67. The second-order valence-corrected chi connectivity index (χ2v) is 4.05. The Morgan fingerprint density at radius 1 is 1.67 bits per heavy atom. The Kier molecular flexibility index (Phi) is 4.21. The standard InChI is InChI=1S/C8H5ClF2INO2/c1-15-8(14)6-4(12)2-3(9)5(13-6)7(10)11/h2,7H,1H3. The van der Waals surface area contributed by atoms with Crippen LogP contribution in [0.15, 0.2) is 6.07 Å². The van der Waals surface area contributed by atoms with Crippen LogP contribution in [0.4, 0.5) is 8.78 Å². The first-order valence-electron chi connectivity index (χ1n) is 3.69. The molecule has 0 aliphatic rings. The van der Waals surface area contributed by atoms with Crippen LogP contribution in [0.1, 0.15) is 22.6 Å². The molecule has 0 unspecified atom stereocenters.